The molecule has 4 nitrogen and oxygen atoms in total. The molecule has 0 aliphatic carbocycles. The van der Waals surface area contributed by atoms with Crippen molar-refractivity contribution in [3.8, 4) is 0 Å². The minimum Gasteiger partial charge on any atom is -0.324 e. The average Bonchev–Trinajstić information content (AvgIpc) is 2.45. The van der Waals surface area contributed by atoms with Gasteiger partial charge in [-0.05, 0) is 25.0 Å². The predicted octanol–water partition coefficient (Wildman–Crippen LogP) is 3.50. The summed E-state index contributed by atoms with van der Waals surface area (Å²) in [5, 5.41) is 5.57. The Hall–Kier alpha value is -2.36. The number of amides is 2. The van der Waals surface area contributed by atoms with Crippen LogP contribution in [0.5, 0.6) is 0 Å². The number of allylic oxidation sites excluding steroid dienone is 2. The molecule has 0 unspecified atom stereocenters. The Balaban J connectivity index is 2.67. The van der Waals surface area contributed by atoms with Crippen LogP contribution in [0.25, 0.3) is 0 Å². The zero-order valence-corrected chi connectivity index (χ0v) is 11.5. The molecular weight excluding hydrogens is 252 g/mol. The molecule has 0 spiro atoms. The second kappa shape index (κ2) is 8.69. The van der Waals surface area contributed by atoms with Crippen molar-refractivity contribution in [1.82, 2.24) is 0 Å². The van der Waals surface area contributed by atoms with E-state index >= 15 is 0 Å². The summed E-state index contributed by atoms with van der Waals surface area (Å²) in [7, 11) is 0. The Bertz CT molecular complexity index is 450. The molecule has 106 valence electrons. The van der Waals surface area contributed by atoms with Crippen molar-refractivity contribution in [2.75, 3.05) is 10.6 Å². The number of carbonyl (C=O) groups is 2. The molecule has 0 bridgehead atoms. The molecule has 2 amide bonds. The van der Waals surface area contributed by atoms with Crippen LogP contribution in [0.4, 0.5) is 11.4 Å². The second-order valence-electron chi connectivity index (χ2n) is 4.30. The Morgan fingerprint density at radius 2 is 1.30 bits per heavy atom. The molecule has 1 aromatic carbocycles. The van der Waals surface area contributed by atoms with Crippen LogP contribution in [0.15, 0.2) is 49.6 Å². The lowest BCUT2D eigenvalue weighted by molar-refractivity contribution is -0.117. The highest BCUT2D eigenvalue weighted by molar-refractivity contribution is 5.99. The number of hydrogen-bond donors (Lipinski definition) is 2. The molecule has 0 aliphatic rings. The first-order chi connectivity index (χ1) is 9.67. The summed E-state index contributed by atoms with van der Waals surface area (Å²) in [5.41, 5.74) is 1.21. The highest BCUT2D eigenvalue weighted by atomic mass is 16.2. The van der Waals surface area contributed by atoms with Crippen LogP contribution in [-0.2, 0) is 9.59 Å². The second-order valence-corrected chi connectivity index (χ2v) is 4.30. The lowest BCUT2D eigenvalue weighted by Gasteiger charge is -2.11. The van der Waals surface area contributed by atoms with E-state index in [0.29, 0.717) is 37.1 Å². The van der Waals surface area contributed by atoms with E-state index in [0.717, 1.165) is 0 Å². The molecule has 0 atom stereocenters. The first-order valence-electron chi connectivity index (χ1n) is 6.58. The summed E-state index contributed by atoms with van der Waals surface area (Å²) in [4.78, 5) is 23.4. The molecule has 0 aliphatic heterocycles. The fraction of sp³-hybridized carbons (Fsp3) is 0.250. The highest BCUT2D eigenvalue weighted by Gasteiger charge is 2.08. The quantitative estimate of drug-likeness (QED) is 0.712. The molecule has 0 fully saturated rings. The van der Waals surface area contributed by atoms with Crippen LogP contribution in [0, 0.1) is 0 Å². The minimum absolute atomic E-state index is 0.0994. The predicted molar refractivity (Wildman–Crippen MR) is 82.6 cm³/mol. The highest BCUT2D eigenvalue weighted by Crippen LogP contribution is 2.21. The number of anilines is 2. The van der Waals surface area contributed by atoms with E-state index in [1.54, 1.807) is 24.3 Å². The molecule has 0 aromatic heterocycles. The van der Waals surface area contributed by atoms with E-state index in [-0.39, 0.29) is 11.8 Å². The van der Waals surface area contributed by atoms with Crippen molar-refractivity contribution in [1.29, 1.82) is 0 Å². The van der Waals surface area contributed by atoms with Gasteiger partial charge in [0.1, 0.15) is 0 Å². The molecule has 1 rings (SSSR count). The van der Waals surface area contributed by atoms with Crippen molar-refractivity contribution in [2.45, 2.75) is 25.7 Å². The van der Waals surface area contributed by atoms with Gasteiger partial charge < -0.3 is 10.6 Å². The van der Waals surface area contributed by atoms with Gasteiger partial charge in [0.25, 0.3) is 0 Å². The SMILES string of the molecule is C=CCCC(=O)Nc1ccccc1NC(=O)CCC=C. The number of rotatable bonds is 8. The lowest BCUT2D eigenvalue weighted by atomic mass is 10.2. The third-order valence-corrected chi connectivity index (χ3v) is 2.63. The van der Waals surface area contributed by atoms with Gasteiger partial charge in [0.15, 0.2) is 0 Å². The maximum atomic E-state index is 11.7. The van der Waals surface area contributed by atoms with Crippen LogP contribution in [0.1, 0.15) is 25.7 Å². The standard InChI is InChI=1S/C16H20N2O2/c1-3-5-11-15(19)17-13-9-7-8-10-14(13)18-16(20)12-6-4-2/h3-4,7-10H,1-2,5-6,11-12H2,(H,17,19)(H,18,20). The summed E-state index contributed by atoms with van der Waals surface area (Å²) in [5.74, 6) is -0.199. The summed E-state index contributed by atoms with van der Waals surface area (Å²) in [6.45, 7) is 7.16. The lowest BCUT2D eigenvalue weighted by Crippen LogP contribution is -2.16. The zero-order chi connectivity index (χ0) is 14.8. The number of benzene rings is 1. The van der Waals surface area contributed by atoms with E-state index in [9.17, 15) is 9.59 Å². The van der Waals surface area contributed by atoms with Crippen LogP contribution >= 0.6 is 0 Å². The monoisotopic (exact) mass is 272 g/mol. The largest absolute Gasteiger partial charge is 0.324 e. The van der Waals surface area contributed by atoms with E-state index in [1.165, 1.54) is 0 Å². The van der Waals surface area contributed by atoms with Crippen molar-refractivity contribution >= 4 is 23.2 Å². The summed E-state index contributed by atoms with van der Waals surface area (Å²) >= 11 is 0. The Morgan fingerprint density at radius 3 is 1.65 bits per heavy atom. The topological polar surface area (TPSA) is 58.2 Å². The number of carbonyl (C=O) groups excluding carboxylic acids is 2. The maximum absolute atomic E-state index is 11.7. The molecule has 20 heavy (non-hydrogen) atoms. The molecule has 0 saturated carbocycles. The van der Waals surface area contributed by atoms with Gasteiger partial charge in [-0.15, -0.1) is 13.2 Å². The van der Waals surface area contributed by atoms with Gasteiger partial charge in [-0.3, -0.25) is 9.59 Å². The first kappa shape index (κ1) is 15.7. The van der Waals surface area contributed by atoms with Crippen LogP contribution in [-0.4, -0.2) is 11.8 Å². The third-order valence-electron chi connectivity index (χ3n) is 2.63. The Labute approximate surface area is 119 Å². The smallest absolute Gasteiger partial charge is 0.224 e. The summed E-state index contributed by atoms with van der Waals surface area (Å²) in [6.07, 6.45) is 5.40. The van der Waals surface area contributed by atoms with Crippen LogP contribution in [0.3, 0.4) is 0 Å². The van der Waals surface area contributed by atoms with Gasteiger partial charge in [0.05, 0.1) is 11.4 Å². The van der Waals surface area contributed by atoms with Crippen molar-refractivity contribution in [3.05, 3.63) is 49.6 Å². The van der Waals surface area contributed by atoms with Gasteiger partial charge in [-0.25, -0.2) is 0 Å². The number of para-hydroxylation sites is 2. The van der Waals surface area contributed by atoms with Crippen molar-refractivity contribution < 1.29 is 9.59 Å². The van der Waals surface area contributed by atoms with Gasteiger partial charge in [-0.1, -0.05) is 24.3 Å². The van der Waals surface area contributed by atoms with Gasteiger partial charge in [0.2, 0.25) is 11.8 Å². The van der Waals surface area contributed by atoms with Crippen LogP contribution < -0.4 is 10.6 Å². The molecule has 2 N–H and O–H groups in total. The van der Waals surface area contributed by atoms with E-state index in [1.807, 2.05) is 12.1 Å². The maximum Gasteiger partial charge on any atom is 0.224 e. The molecule has 4 heteroatoms. The Morgan fingerprint density at radius 1 is 0.900 bits per heavy atom. The van der Waals surface area contributed by atoms with E-state index < -0.39 is 0 Å². The van der Waals surface area contributed by atoms with Gasteiger partial charge in [0, 0.05) is 12.8 Å². The van der Waals surface area contributed by atoms with Gasteiger partial charge >= 0.3 is 0 Å². The molecule has 0 saturated heterocycles. The zero-order valence-electron chi connectivity index (χ0n) is 11.5. The van der Waals surface area contributed by atoms with Crippen LogP contribution in [0.2, 0.25) is 0 Å². The Kier molecular flexibility index (Phi) is 6.82. The molecule has 1 aromatic rings. The molecule has 0 heterocycles. The number of hydrogen-bond acceptors (Lipinski definition) is 2. The fourth-order valence-electron chi connectivity index (χ4n) is 1.59. The summed E-state index contributed by atoms with van der Waals surface area (Å²) in [6, 6.07) is 7.13. The normalized spacial score (nSPS) is 9.60. The fourth-order valence-corrected chi connectivity index (χ4v) is 1.59. The molecular formula is C16H20N2O2. The first-order valence-corrected chi connectivity index (χ1v) is 6.58. The van der Waals surface area contributed by atoms with Gasteiger partial charge in [-0.2, -0.15) is 0 Å². The van der Waals surface area contributed by atoms with Crippen molar-refractivity contribution in [3.63, 3.8) is 0 Å². The molecule has 0 radical (unpaired) electrons. The minimum atomic E-state index is -0.0994. The summed E-state index contributed by atoms with van der Waals surface area (Å²) < 4.78 is 0. The van der Waals surface area contributed by atoms with E-state index in [2.05, 4.69) is 23.8 Å². The average molecular weight is 272 g/mol. The van der Waals surface area contributed by atoms with E-state index in [4.69, 9.17) is 0 Å². The van der Waals surface area contributed by atoms with Crippen molar-refractivity contribution in [2.24, 2.45) is 0 Å². The third kappa shape index (κ3) is 5.52. The number of nitrogens with one attached hydrogen (secondary N) is 2.